The van der Waals surface area contributed by atoms with Crippen LogP contribution in [-0.4, -0.2) is 33.6 Å². The highest BCUT2D eigenvalue weighted by Gasteiger charge is 2.30. The van der Waals surface area contributed by atoms with Crippen LogP contribution in [-0.2, 0) is 13.1 Å². The Balaban J connectivity index is 1.71. The summed E-state index contributed by atoms with van der Waals surface area (Å²) in [4.78, 5) is 21.8. The van der Waals surface area contributed by atoms with E-state index in [2.05, 4.69) is 14.7 Å². The first-order valence-electron chi connectivity index (χ1n) is 7.32. The number of amides is 1. The fourth-order valence-corrected chi connectivity index (χ4v) is 2.82. The Bertz CT molecular complexity index is 827. The van der Waals surface area contributed by atoms with E-state index in [9.17, 15) is 18.0 Å². The quantitative estimate of drug-likeness (QED) is 0.771. The van der Waals surface area contributed by atoms with Gasteiger partial charge in [0.05, 0.1) is 6.54 Å². The number of hydrogen-bond acceptors (Lipinski definition) is 4. The number of ether oxygens (including phenoxy) is 1. The molecule has 3 heterocycles. The molecule has 3 rings (SSSR count). The Hall–Kier alpha value is -2.35. The fraction of sp³-hybridized carbons (Fsp3) is 0.312. The van der Waals surface area contributed by atoms with Crippen molar-refractivity contribution in [2.24, 2.45) is 0 Å². The average molecular weight is 372 g/mol. The summed E-state index contributed by atoms with van der Waals surface area (Å²) in [6.07, 6.45) is -1.55. The Morgan fingerprint density at radius 3 is 2.76 bits per heavy atom. The molecule has 0 atom stereocenters. The van der Waals surface area contributed by atoms with Crippen LogP contribution in [0.4, 0.5) is 13.2 Å². The monoisotopic (exact) mass is 371 g/mol. The molecule has 0 bridgehead atoms. The summed E-state index contributed by atoms with van der Waals surface area (Å²) in [7, 11) is 0. The van der Waals surface area contributed by atoms with Crippen LogP contribution in [0.3, 0.4) is 0 Å². The van der Waals surface area contributed by atoms with E-state index in [0.717, 1.165) is 0 Å². The van der Waals surface area contributed by atoms with Crippen LogP contribution in [0, 0.1) is 6.92 Å². The molecule has 25 heavy (non-hydrogen) atoms. The number of rotatable bonds is 4. The molecule has 0 spiro atoms. The second-order valence-electron chi connectivity index (χ2n) is 5.66. The van der Waals surface area contributed by atoms with Gasteiger partial charge in [-0.1, -0.05) is 11.6 Å². The highest BCUT2D eigenvalue weighted by Crippen LogP contribution is 2.29. The first-order chi connectivity index (χ1) is 11.7. The minimum Gasteiger partial charge on any atom is -0.468 e. The van der Waals surface area contributed by atoms with Crippen molar-refractivity contribution < 1.29 is 22.7 Å². The second-order valence-corrected chi connectivity index (χ2v) is 6.02. The SMILES string of the molecule is Cc1cc(CN2Cc3c(ccnc3Cl)C2=O)cnc1OCC(F)(F)F. The van der Waals surface area contributed by atoms with Gasteiger partial charge in [-0.2, -0.15) is 13.2 Å². The number of pyridine rings is 2. The van der Waals surface area contributed by atoms with Crippen molar-refractivity contribution in [2.75, 3.05) is 6.61 Å². The molecule has 0 saturated heterocycles. The third-order valence-corrected chi connectivity index (χ3v) is 4.03. The highest BCUT2D eigenvalue weighted by atomic mass is 35.5. The number of carbonyl (C=O) groups is 1. The van der Waals surface area contributed by atoms with E-state index < -0.39 is 12.8 Å². The van der Waals surface area contributed by atoms with Crippen molar-refractivity contribution >= 4 is 17.5 Å². The zero-order valence-electron chi connectivity index (χ0n) is 13.1. The molecule has 0 fully saturated rings. The second kappa shape index (κ2) is 6.51. The Morgan fingerprint density at radius 2 is 2.12 bits per heavy atom. The number of fused-ring (bicyclic) bond motifs is 1. The zero-order chi connectivity index (χ0) is 18.2. The highest BCUT2D eigenvalue weighted by molar-refractivity contribution is 6.30. The van der Waals surface area contributed by atoms with Gasteiger partial charge >= 0.3 is 6.18 Å². The maximum absolute atomic E-state index is 12.4. The maximum atomic E-state index is 12.4. The molecule has 0 unspecified atom stereocenters. The molecule has 1 aliphatic rings. The summed E-state index contributed by atoms with van der Waals surface area (Å²) in [5.74, 6) is -0.251. The number of carbonyl (C=O) groups excluding carboxylic acids is 1. The molecular weight excluding hydrogens is 359 g/mol. The molecule has 9 heteroatoms. The molecule has 1 amide bonds. The van der Waals surface area contributed by atoms with Crippen LogP contribution in [0.5, 0.6) is 5.88 Å². The van der Waals surface area contributed by atoms with Crippen LogP contribution in [0.2, 0.25) is 5.15 Å². The normalized spacial score (nSPS) is 14.0. The smallest absolute Gasteiger partial charge is 0.422 e. The van der Waals surface area contributed by atoms with Crippen molar-refractivity contribution in [3.63, 3.8) is 0 Å². The van der Waals surface area contributed by atoms with Gasteiger partial charge in [0.2, 0.25) is 5.88 Å². The lowest BCUT2D eigenvalue weighted by molar-refractivity contribution is -0.154. The number of hydrogen-bond donors (Lipinski definition) is 0. The van der Waals surface area contributed by atoms with E-state index in [-0.39, 0.29) is 18.3 Å². The minimum absolute atomic E-state index is 0.0793. The topological polar surface area (TPSA) is 55.3 Å². The van der Waals surface area contributed by atoms with Crippen molar-refractivity contribution in [3.05, 3.63) is 51.9 Å². The lowest BCUT2D eigenvalue weighted by Crippen LogP contribution is -2.23. The average Bonchev–Trinajstić information content (AvgIpc) is 2.84. The number of aromatic nitrogens is 2. The molecule has 0 aliphatic carbocycles. The largest absolute Gasteiger partial charge is 0.468 e. The van der Waals surface area contributed by atoms with Crippen LogP contribution in [0.15, 0.2) is 24.5 Å². The van der Waals surface area contributed by atoms with E-state index in [1.807, 2.05) is 0 Å². The number of nitrogens with zero attached hydrogens (tertiary/aromatic N) is 3. The fourth-order valence-electron chi connectivity index (χ4n) is 2.61. The van der Waals surface area contributed by atoms with Gasteiger partial charge in [-0.25, -0.2) is 9.97 Å². The number of aryl methyl sites for hydroxylation is 1. The summed E-state index contributed by atoms with van der Waals surface area (Å²) in [6, 6.07) is 3.26. The van der Waals surface area contributed by atoms with Crippen LogP contribution in [0.1, 0.15) is 27.0 Å². The van der Waals surface area contributed by atoms with Gasteiger partial charge in [0.25, 0.3) is 5.91 Å². The Labute approximate surface area is 146 Å². The van der Waals surface area contributed by atoms with Gasteiger partial charge in [0.1, 0.15) is 5.15 Å². The summed E-state index contributed by atoms with van der Waals surface area (Å²) < 4.78 is 41.3. The van der Waals surface area contributed by atoms with E-state index in [1.54, 1.807) is 24.0 Å². The van der Waals surface area contributed by atoms with E-state index in [1.165, 1.54) is 12.4 Å². The molecule has 132 valence electrons. The number of halogens is 4. The van der Waals surface area contributed by atoms with E-state index in [4.69, 9.17) is 11.6 Å². The van der Waals surface area contributed by atoms with Gasteiger partial charge in [0.15, 0.2) is 6.61 Å². The van der Waals surface area contributed by atoms with E-state index in [0.29, 0.717) is 34.0 Å². The molecule has 0 N–H and O–H groups in total. The summed E-state index contributed by atoms with van der Waals surface area (Å²) >= 11 is 6.01. The van der Waals surface area contributed by atoms with Gasteiger partial charge in [-0.3, -0.25) is 4.79 Å². The van der Waals surface area contributed by atoms with Crippen molar-refractivity contribution in [2.45, 2.75) is 26.2 Å². The standard InChI is InChI=1S/C16H13ClF3N3O2/c1-9-4-10(5-22-14(9)25-8-16(18,19)20)6-23-7-12-11(15(23)24)2-3-21-13(12)17/h2-5H,6-8H2,1H3. The van der Waals surface area contributed by atoms with Gasteiger partial charge in [0, 0.05) is 35.6 Å². The summed E-state index contributed by atoms with van der Waals surface area (Å²) in [5, 5.41) is 0.290. The van der Waals surface area contributed by atoms with E-state index >= 15 is 0 Å². The molecule has 5 nitrogen and oxygen atoms in total. The van der Waals surface area contributed by atoms with Crippen LogP contribution < -0.4 is 4.74 Å². The molecule has 0 saturated carbocycles. The summed E-state index contributed by atoms with van der Waals surface area (Å²) in [5.41, 5.74) is 2.33. The van der Waals surface area contributed by atoms with Gasteiger partial charge < -0.3 is 9.64 Å². The third-order valence-electron chi connectivity index (χ3n) is 3.70. The zero-order valence-corrected chi connectivity index (χ0v) is 13.9. The lowest BCUT2D eigenvalue weighted by Gasteiger charge is -2.16. The molecule has 0 radical (unpaired) electrons. The first-order valence-corrected chi connectivity index (χ1v) is 7.70. The van der Waals surface area contributed by atoms with Crippen molar-refractivity contribution in [3.8, 4) is 5.88 Å². The molecule has 0 aromatic carbocycles. The predicted octanol–water partition coefficient (Wildman–Crippen LogP) is 3.54. The molecule has 2 aromatic heterocycles. The third kappa shape index (κ3) is 3.84. The van der Waals surface area contributed by atoms with Crippen LogP contribution in [0.25, 0.3) is 0 Å². The Kier molecular flexibility index (Phi) is 4.55. The van der Waals surface area contributed by atoms with Gasteiger partial charge in [-0.15, -0.1) is 0 Å². The minimum atomic E-state index is -4.42. The lowest BCUT2D eigenvalue weighted by atomic mass is 10.2. The number of alkyl halides is 3. The summed E-state index contributed by atoms with van der Waals surface area (Å²) in [6.45, 7) is 0.790. The van der Waals surface area contributed by atoms with Gasteiger partial charge in [-0.05, 0) is 24.6 Å². The van der Waals surface area contributed by atoms with Crippen molar-refractivity contribution in [1.82, 2.24) is 14.9 Å². The van der Waals surface area contributed by atoms with Crippen LogP contribution >= 0.6 is 11.6 Å². The Morgan fingerprint density at radius 1 is 1.36 bits per heavy atom. The molecule has 1 aliphatic heterocycles. The van der Waals surface area contributed by atoms with Crippen molar-refractivity contribution in [1.29, 1.82) is 0 Å². The predicted molar refractivity (Wildman–Crippen MR) is 83.3 cm³/mol. The maximum Gasteiger partial charge on any atom is 0.422 e. The molecular formula is C16H13ClF3N3O2. The first kappa shape index (κ1) is 17.5. The molecule has 2 aromatic rings.